The van der Waals surface area contributed by atoms with Crippen LogP contribution in [0.15, 0.2) is 0 Å². The third kappa shape index (κ3) is 2.82. The van der Waals surface area contributed by atoms with Crippen molar-refractivity contribution in [1.82, 2.24) is 0 Å². The first-order valence-electron chi connectivity index (χ1n) is 4.77. The fourth-order valence-electron chi connectivity index (χ4n) is 1.75. The monoisotopic (exact) mass is 388 g/mol. The van der Waals surface area contributed by atoms with Crippen LogP contribution in [0.5, 0.6) is 0 Å². The van der Waals surface area contributed by atoms with Crippen LogP contribution in [0.3, 0.4) is 0 Å². The van der Waals surface area contributed by atoms with Crippen molar-refractivity contribution in [2.24, 2.45) is 5.92 Å². The Hall–Kier alpha value is 1.11. The van der Waals surface area contributed by atoms with Crippen molar-refractivity contribution < 1.29 is 4.79 Å². The molecule has 0 aliphatic heterocycles. The van der Waals surface area contributed by atoms with E-state index in [0.29, 0.717) is 18.1 Å². The number of hydrogen-bond acceptors (Lipinski definition) is 1. The second-order valence-electron chi connectivity index (χ2n) is 4.47. The molecule has 1 saturated carbocycles. The van der Waals surface area contributed by atoms with Gasteiger partial charge in [-0.2, -0.15) is 0 Å². The zero-order chi connectivity index (χ0) is 11.0. The van der Waals surface area contributed by atoms with E-state index in [2.05, 4.69) is 54.7 Å². The topological polar surface area (TPSA) is 17.1 Å². The third-order valence-electron chi connectivity index (χ3n) is 3.09. The van der Waals surface area contributed by atoms with E-state index in [9.17, 15) is 4.79 Å². The van der Waals surface area contributed by atoms with E-state index in [0.717, 1.165) is 18.2 Å². The third-order valence-corrected chi connectivity index (χ3v) is 6.77. The molecule has 0 heterocycles. The zero-order valence-corrected chi connectivity index (χ0v) is 13.2. The van der Waals surface area contributed by atoms with Gasteiger partial charge in [-0.05, 0) is 32.6 Å². The molecule has 1 rings (SSSR count). The molecular weight excluding hydrogens is 376 g/mol. The Labute approximate surface area is 111 Å². The second-order valence-corrected chi connectivity index (χ2v) is 8.59. The second kappa shape index (κ2) is 4.54. The molecule has 3 atom stereocenters. The molecule has 0 saturated heterocycles. The fourth-order valence-corrected chi connectivity index (χ4v) is 2.99. The quantitative estimate of drug-likeness (QED) is 0.650. The average Bonchev–Trinajstić information content (AvgIpc) is 2.09. The number of Topliss-reactive ketones (excluding diaryl/α,β-unsaturated/α-hetero) is 1. The number of ketones is 1. The number of halogens is 3. The molecule has 4 heteroatoms. The van der Waals surface area contributed by atoms with E-state index >= 15 is 0 Å². The predicted molar refractivity (Wildman–Crippen MR) is 70.8 cm³/mol. The highest BCUT2D eigenvalue weighted by Crippen LogP contribution is 2.43. The first-order valence-corrected chi connectivity index (χ1v) is 7.47. The van der Waals surface area contributed by atoms with Gasteiger partial charge < -0.3 is 0 Å². The van der Waals surface area contributed by atoms with Crippen LogP contribution in [0, 0.1) is 5.92 Å². The van der Waals surface area contributed by atoms with Crippen LogP contribution in [0.2, 0.25) is 0 Å². The number of alkyl halides is 3. The van der Waals surface area contributed by atoms with Gasteiger partial charge in [0.05, 0.1) is 4.32 Å². The van der Waals surface area contributed by atoms with Crippen molar-refractivity contribution in [3.63, 3.8) is 0 Å². The smallest absolute Gasteiger partial charge is 0.149 e. The van der Waals surface area contributed by atoms with Gasteiger partial charge >= 0.3 is 0 Å². The van der Waals surface area contributed by atoms with Gasteiger partial charge in [0.2, 0.25) is 0 Å². The Balaban J connectivity index is 2.68. The van der Waals surface area contributed by atoms with Crippen LogP contribution in [0.4, 0.5) is 0 Å². The van der Waals surface area contributed by atoms with E-state index in [1.807, 2.05) is 6.92 Å². The molecule has 0 amide bonds. The molecule has 0 aromatic rings. The lowest BCUT2D eigenvalue weighted by molar-refractivity contribution is -0.123. The lowest BCUT2D eigenvalue weighted by atomic mass is 9.76. The van der Waals surface area contributed by atoms with Gasteiger partial charge in [-0.1, -0.05) is 47.8 Å². The van der Waals surface area contributed by atoms with E-state index < -0.39 is 0 Å². The van der Waals surface area contributed by atoms with Crippen LogP contribution in [0.1, 0.15) is 33.1 Å². The molecule has 0 unspecified atom stereocenters. The van der Waals surface area contributed by atoms with Gasteiger partial charge in [0.1, 0.15) is 5.78 Å². The lowest BCUT2D eigenvalue weighted by Gasteiger charge is -2.38. The molecule has 1 nitrogen and oxygen atoms in total. The summed E-state index contributed by atoms with van der Waals surface area (Å²) in [6, 6.07) is 0. The van der Waals surface area contributed by atoms with E-state index in [1.165, 1.54) is 0 Å². The standard InChI is InChI=1S/C10H15Br3O/c1-9(12)4-3-7(5-8(9)14)10(2,13)6-11/h7H,3-6H2,1-2H3/t7-,9+,10+/m1/s1. The largest absolute Gasteiger partial charge is 0.298 e. The summed E-state index contributed by atoms with van der Waals surface area (Å²) in [6.45, 7) is 4.13. The zero-order valence-electron chi connectivity index (χ0n) is 8.45. The van der Waals surface area contributed by atoms with Crippen molar-refractivity contribution in [1.29, 1.82) is 0 Å². The number of carbonyl (C=O) groups excluding carboxylic acids is 1. The molecule has 0 aromatic heterocycles. The van der Waals surface area contributed by atoms with Crippen LogP contribution in [-0.4, -0.2) is 19.8 Å². The van der Waals surface area contributed by atoms with Gasteiger partial charge in [-0.3, -0.25) is 4.79 Å². The maximum Gasteiger partial charge on any atom is 0.149 e. The Bertz CT molecular complexity index is 236. The summed E-state index contributed by atoms with van der Waals surface area (Å²) in [4.78, 5) is 11.8. The lowest BCUT2D eigenvalue weighted by Crippen LogP contribution is -2.42. The van der Waals surface area contributed by atoms with Crippen LogP contribution in [-0.2, 0) is 4.79 Å². The summed E-state index contributed by atoms with van der Waals surface area (Å²) >= 11 is 10.7. The van der Waals surface area contributed by atoms with Gasteiger partial charge in [-0.15, -0.1) is 0 Å². The summed E-state index contributed by atoms with van der Waals surface area (Å²) < 4.78 is -0.231. The first-order chi connectivity index (χ1) is 6.29. The number of carbonyl (C=O) groups is 1. The van der Waals surface area contributed by atoms with E-state index in [4.69, 9.17) is 0 Å². The summed E-state index contributed by atoms with van der Waals surface area (Å²) in [7, 11) is 0. The van der Waals surface area contributed by atoms with Crippen molar-refractivity contribution in [3.05, 3.63) is 0 Å². The molecule has 1 fully saturated rings. The van der Waals surface area contributed by atoms with Crippen LogP contribution < -0.4 is 0 Å². The van der Waals surface area contributed by atoms with Gasteiger partial charge in [-0.25, -0.2) is 0 Å². The van der Waals surface area contributed by atoms with Crippen molar-refractivity contribution in [2.75, 3.05) is 5.33 Å². The Morgan fingerprint density at radius 1 is 1.64 bits per heavy atom. The van der Waals surface area contributed by atoms with Gasteiger partial charge in [0.15, 0.2) is 0 Å². The molecule has 0 spiro atoms. The van der Waals surface area contributed by atoms with Crippen LogP contribution in [0.25, 0.3) is 0 Å². The highest BCUT2D eigenvalue weighted by Gasteiger charge is 2.42. The van der Waals surface area contributed by atoms with Crippen LogP contribution >= 0.6 is 47.8 Å². The Morgan fingerprint density at radius 3 is 2.64 bits per heavy atom. The van der Waals surface area contributed by atoms with Gasteiger partial charge in [0.25, 0.3) is 0 Å². The number of rotatable bonds is 2. The van der Waals surface area contributed by atoms with E-state index in [-0.39, 0.29) is 8.65 Å². The highest BCUT2D eigenvalue weighted by molar-refractivity contribution is 9.12. The minimum absolute atomic E-state index is 0.0478. The Kier molecular flexibility index (Phi) is 4.27. The normalized spacial score (nSPS) is 38.1. The summed E-state index contributed by atoms with van der Waals surface area (Å²) in [5.74, 6) is 0.778. The highest BCUT2D eigenvalue weighted by atomic mass is 79.9. The van der Waals surface area contributed by atoms with Crippen molar-refractivity contribution in [2.45, 2.75) is 41.8 Å². The molecular formula is C10H15Br3O. The first kappa shape index (κ1) is 13.2. The summed E-state index contributed by atoms with van der Waals surface area (Å²) in [5.41, 5.74) is 0. The molecule has 0 N–H and O–H groups in total. The molecule has 0 radical (unpaired) electrons. The predicted octanol–water partition coefficient (Wildman–Crippen LogP) is 4.06. The molecule has 0 bridgehead atoms. The number of hydrogen-bond donors (Lipinski definition) is 0. The minimum atomic E-state index is -0.279. The van der Waals surface area contributed by atoms with Gasteiger partial charge in [0, 0.05) is 16.1 Å². The molecule has 1 aliphatic carbocycles. The SMILES string of the molecule is C[C@]1(Br)CC[C@@H]([C@@](C)(Br)CBr)CC1=O. The molecule has 0 aromatic carbocycles. The Morgan fingerprint density at radius 2 is 2.21 bits per heavy atom. The summed E-state index contributed by atoms with van der Waals surface area (Å²) in [5, 5.41) is 0.886. The minimum Gasteiger partial charge on any atom is -0.298 e. The maximum atomic E-state index is 11.8. The van der Waals surface area contributed by atoms with Crippen molar-refractivity contribution in [3.8, 4) is 0 Å². The summed E-state index contributed by atoms with van der Waals surface area (Å²) in [6.07, 6.45) is 2.71. The van der Waals surface area contributed by atoms with E-state index in [1.54, 1.807) is 0 Å². The fraction of sp³-hybridized carbons (Fsp3) is 0.900. The molecule has 1 aliphatic rings. The average molecular weight is 391 g/mol. The molecule has 82 valence electrons. The molecule has 14 heavy (non-hydrogen) atoms. The maximum absolute atomic E-state index is 11.8. The van der Waals surface area contributed by atoms with Crippen molar-refractivity contribution >= 4 is 53.6 Å².